The smallest absolute Gasteiger partial charge is 0.306 e. The number of hydrogen-bond donors (Lipinski definition) is 1. The first kappa shape index (κ1) is 36.8. The first-order valence-electron chi connectivity index (χ1n) is 15.6. The summed E-state index contributed by atoms with van der Waals surface area (Å²) in [6.45, 7) is 10.6. The van der Waals surface area contributed by atoms with Gasteiger partial charge < -0.3 is 33.7 Å². The fourth-order valence-corrected chi connectivity index (χ4v) is 6.14. The van der Waals surface area contributed by atoms with Crippen molar-refractivity contribution in [2.45, 2.75) is 117 Å². The first-order valence-corrected chi connectivity index (χ1v) is 15.6. The summed E-state index contributed by atoms with van der Waals surface area (Å²) >= 11 is 0. The molecule has 1 fully saturated rings. The van der Waals surface area contributed by atoms with Gasteiger partial charge in [0.15, 0.2) is 18.2 Å². The number of cyclic esters (lactones) is 1. The molecule has 10 atom stereocenters. The molecule has 2 heterocycles. The van der Waals surface area contributed by atoms with Crippen LogP contribution < -0.4 is 0 Å². The number of rotatable bonds is 8. The zero-order valence-corrected chi connectivity index (χ0v) is 27.2. The van der Waals surface area contributed by atoms with Gasteiger partial charge in [0, 0.05) is 31.6 Å². The van der Waals surface area contributed by atoms with Gasteiger partial charge in [-0.25, -0.2) is 0 Å². The number of allylic oxidation sites excluding steroid dienone is 3. The molecule has 0 aromatic heterocycles. The van der Waals surface area contributed by atoms with Gasteiger partial charge in [-0.3, -0.25) is 14.4 Å². The Morgan fingerprint density at radius 3 is 2.42 bits per heavy atom. The van der Waals surface area contributed by atoms with Crippen molar-refractivity contribution in [3.8, 4) is 0 Å². The van der Waals surface area contributed by atoms with Crippen molar-refractivity contribution < 1.29 is 43.2 Å². The number of carbonyl (C=O) groups is 4. The van der Waals surface area contributed by atoms with Crippen molar-refractivity contribution in [3.63, 3.8) is 0 Å². The Balaban J connectivity index is 2.50. The van der Waals surface area contributed by atoms with E-state index < -0.39 is 42.4 Å². The molecule has 244 valence electrons. The van der Waals surface area contributed by atoms with E-state index in [4.69, 9.17) is 18.9 Å². The molecule has 2 rings (SSSR count). The number of aliphatic hydroxyl groups is 1. The second-order valence-corrected chi connectivity index (χ2v) is 12.5. The number of aliphatic hydroxyl groups excluding tert-OH is 1. The molecule has 0 bridgehead atoms. The Bertz CT molecular complexity index is 993. The van der Waals surface area contributed by atoms with E-state index in [1.807, 2.05) is 59.7 Å². The number of carbonyl (C=O) groups excluding carboxylic acids is 4. The number of hydrogen-bond acceptors (Lipinski definition) is 10. The van der Waals surface area contributed by atoms with Crippen molar-refractivity contribution in [1.29, 1.82) is 0 Å². The van der Waals surface area contributed by atoms with Gasteiger partial charge in [-0.1, -0.05) is 38.5 Å². The van der Waals surface area contributed by atoms with Crippen molar-refractivity contribution in [2.75, 3.05) is 20.7 Å². The average molecular weight is 608 g/mol. The highest BCUT2D eigenvalue weighted by atomic mass is 16.7. The zero-order valence-electron chi connectivity index (χ0n) is 27.2. The molecule has 1 N–H and O–H groups in total. The van der Waals surface area contributed by atoms with E-state index in [1.54, 1.807) is 6.08 Å². The van der Waals surface area contributed by atoms with Gasteiger partial charge in [-0.05, 0) is 71.5 Å². The van der Waals surface area contributed by atoms with Crippen LogP contribution in [0.1, 0.15) is 80.1 Å². The molecule has 43 heavy (non-hydrogen) atoms. The van der Waals surface area contributed by atoms with Crippen LogP contribution in [0.15, 0.2) is 23.8 Å². The first-order chi connectivity index (χ1) is 20.3. The monoisotopic (exact) mass is 607 g/mol. The third-order valence-electron chi connectivity index (χ3n) is 8.58. The van der Waals surface area contributed by atoms with E-state index in [9.17, 15) is 24.3 Å². The van der Waals surface area contributed by atoms with Gasteiger partial charge in [0.25, 0.3) is 0 Å². The largest absolute Gasteiger partial charge is 0.462 e. The predicted molar refractivity (Wildman–Crippen MR) is 162 cm³/mol. The van der Waals surface area contributed by atoms with Gasteiger partial charge in [-0.2, -0.15) is 0 Å². The maximum absolute atomic E-state index is 13.2. The second kappa shape index (κ2) is 17.8. The van der Waals surface area contributed by atoms with Crippen LogP contribution in [-0.4, -0.2) is 91.5 Å². The predicted octanol–water partition coefficient (Wildman–Crippen LogP) is 4.03. The van der Waals surface area contributed by atoms with Crippen molar-refractivity contribution in [3.05, 3.63) is 23.8 Å². The summed E-state index contributed by atoms with van der Waals surface area (Å²) < 4.78 is 24.4. The highest BCUT2D eigenvalue weighted by Gasteiger charge is 2.44. The fraction of sp³-hybridized carbons (Fsp3) is 0.758. The summed E-state index contributed by atoms with van der Waals surface area (Å²) in [4.78, 5) is 52.2. The van der Waals surface area contributed by atoms with E-state index >= 15 is 0 Å². The lowest BCUT2D eigenvalue weighted by Gasteiger charge is -2.45. The van der Waals surface area contributed by atoms with Crippen LogP contribution in [0.4, 0.5) is 0 Å². The molecule has 0 aromatic carbocycles. The molecule has 10 nitrogen and oxygen atoms in total. The number of likely N-dealkylation sites (N-methyl/N-ethyl adjacent to an activating group) is 1. The van der Waals surface area contributed by atoms with Crippen LogP contribution >= 0.6 is 0 Å². The molecular formula is C33H53NO9. The average Bonchev–Trinajstić information content (AvgIpc) is 2.94. The number of aldehydes is 1. The minimum Gasteiger partial charge on any atom is -0.462 e. The Hall–Kier alpha value is -2.40. The number of nitrogens with zero attached hydrogens (tertiary/aromatic N) is 1. The summed E-state index contributed by atoms with van der Waals surface area (Å²) in [5, 5.41) is 10.0. The SMILES string of the molecule is CC[C@H]1OC(=O)CC[C@H](C)[C@@H](O[C@@H]2O[C@H](C)C[C@H](N(C)C)[C@H]2OC(C)=O)[C@@H](CC=O)C[C@@H](C)C(=O)/C=C/C(C)=C/[C@@H]1CO. The van der Waals surface area contributed by atoms with E-state index in [2.05, 4.69) is 0 Å². The molecular weight excluding hydrogens is 554 g/mol. The lowest BCUT2D eigenvalue weighted by Crippen LogP contribution is -2.57. The van der Waals surface area contributed by atoms with E-state index in [0.29, 0.717) is 25.7 Å². The highest BCUT2D eigenvalue weighted by Crippen LogP contribution is 2.34. The summed E-state index contributed by atoms with van der Waals surface area (Å²) in [6.07, 6.45) is 5.15. The van der Waals surface area contributed by atoms with E-state index in [0.717, 1.165) is 11.9 Å². The van der Waals surface area contributed by atoms with Gasteiger partial charge >= 0.3 is 11.9 Å². The van der Waals surface area contributed by atoms with Gasteiger partial charge in [0.2, 0.25) is 0 Å². The molecule has 2 aliphatic heterocycles. The molecule has 1 saturated heterocycles. The van der Waals surface area contributed by atoms with Crippen LogP contribution in [0.5, 0.6) is 0 Å². The number of ether oxygens (including phenoxy) is 4. The number of ketones is 1. The Morgan fingerprint density at radius 1 is 1.14 bits per heavy atom. The molecule has 0 radical (unpaired) electrons. The topological polar surface area (TPSA) is 129 Å². The maximum atomic E-state index is 13.2. The Labute approximate surface area is 257 Å². The Kier molecular flexibility index (Phi) is 15.2. The van der Waals surface area contributed by atoms with Crippen LogP contribution in [0.3, 0.4) is 0 Å². The van der Waals surface area contributed by atoms with Crippen LogP contribution in [-0.2, 0) is 38.1 Å². The minimum atomic E-state index is -0.910. The fourth-order valence-electron chi connectivity index (χ4n) is 6.14. The van der Waals surface area contributed by atoms with Crippen LogP contribution in [0.25, 0.3) is 0 Å². The third-order valence-corrected chi connectivity index (χ3v) is 8.58. The summed E-state index contributed by atoms with van der Waals surface area (Å²) in [5.74, 6) is -2.34. The van der Waals surface area contributed by atoms with Gasteiger partial charge in [0.05, 0.1) is 24.9 Å². The normalized spacial score (nSPS) is 37.2. The molecule has 2 aliphatic rings. The van der Waals surface area contributed by atoms with Crippen LogP contribution in [0, 0.1) is 23.7 Å². The third kappa shape index (κ3) is 11.2. The quantitative estimate of drug-likeness (QED) is 0.319. The summed E-state index contributed by atoms with van der Waals surface area (Å²) in [7, 11) is 3.82. The van der Waals surface area contributed by atoms with Crippen molar-refractivity contribution >= 4 is 24.0 Å². The molecule has 0 aromatic rings. The lowest BCUT2D eigenvalue weighted by molar-refractivity contribution is -0.283. The summed E-state index contributed by atoms with van der Waals surface area (Å²) in [5.41, 5.74) is 0.774. The maximum Gasteiger partial charge on any atom is 0.306 e. The van der Waals surface area contributed by atoms with Crippen LogP contribution in [0.2, 0.25) is 0 Å². The molecule has 0 amide bonds. The second-order valence-electron chi connectivity index (χ2n) is 12.5. The number of esters is 2. The molecule has 0 spiro atoms. The zero-order chi connectivity index (χ0) is 32.3. The molecule has 0 saturated carbocycles. The molecule has 0 unspecified atom stereocenters. The summed E-state index contributed by atoms with van der Waals surface area (Å²) in [6, 6.07) is -0.161. The van der Waals surface area contributed by atoms with Gasteiger partial charge in [-0.15, -0.1) is 0 Å². The minimum absolute atomic E-state index is 0.0887. The van der Waals surface area contributed by atoms with E-state index in [1.165, 1.54) is 13.0 Å². The van der Waals surface area contributed by atoms with Gasteiger partial charge in [0.1, 0.15) is 12.4 Å². The highest BCUT2D eigenvalue weighted by molar-refractivity contribution is 5.91. The lowest BCUT2D eigenvalue weighted by atomic mass is 9.80. The Morgan fingerprint density at radius 2 is 1.84 bits per heavy atom. The van der Waals surface area contributed by atoms with Crippen molar-refractivity contribution in [1.82, 2.24) is 4.90 Å². The van der Waals surface area contributed by atoms with E-state index in [-0.39, 0.29) is 55.2 Å². The molecule has 0 aliphatic carbocycles. The van der Waals surface area contributed by atoms with Crippen molar-refractivity contribution in [2.24, 2.45) is 23.7 Å². The molecule has 10 heteroatoms. The standard InChI is InChI=1S/C33H53NO9/c1-9-29-26(19-36)16-20(2)10-12-28(38)22(4)17-25(14-15-35)31(21(3)11-13-30(39)42-29)43-33-32(41-24(6)37)27(34(7)8)18-23(5)40-33/h10,12,15-16,21-23,25-27,29,31-33,36H,9,11,13-14,17-19H2,1-8H3/b12-10+,20-16+/t21-,22+,23+,25-,26+,27-,29+,31+,32+,33-/m0/s1.